The number of Topliss-reactive ketones (excluding diaryl/α,β-unsaturated/α-hetero) is 1. The first kappa shape index (κ1) is 13.8. The summed E-state index contributed by atoms with van der Waals surface area (Å²) in [7, 11) is 0. The molecule has 3 heteroatoms. The fraction of sp³-hybridized carbons (Fsp3) is 0.333. The van der Waals surface area contributed by atoms with E-state index in [0.29, 0.717) is 6.42 Å². The molecule has 1 amide bonds. The number of anilines is 1. The number of carbonyl (C=O) groups excluding carboxylic acids is 2. The van der Waals surface area contributed by atoms with Gasteiger partial charge < -0.3 is 4.90 Å². The fourth-order valence-corrected chi connectivity index (χ4v) is 3.24. The lowest BCUT2D eigenvalue weighted by Gasteiger charge is -2.24. The molecule has 3 rings (SSSR count). The van der Waals surface area contributed by atoms with Crippen LogP contribution < -0.4 is 4.90 Å². The molecule has 1 saturated heterocycles. The highest BCUT2D eigenvalue weighted by molar-refractivity contribution is 6.11. The van der Waals surface area contributed by atoms with E-state index >= 15 is 0 Å². The van der Waals surface area contributed by atoms with Crippen molar-refractivity contribution in [1.82, 2.24) is 0 Å². The van der Waals surface area contributed by atoms with Crippen LogP contribution in [0.25, 0.3) is 11.1 Å². The Hall–Kier alpha value is -2.16. The Morgan fingerprint density at radius 3 is 2.67 bits per heavy atom. The number of nitrogens with zero attached hydrogens (tertiary/aromatic N) is 1. The molecule has 108 valence electrons. The molecule has 3 aliphatic rings. The molecule has 0 bridgehead atoms. The molecule has 0 saturated carbocycles. The van der Waals surface area contributed by atoms with Gasteiger partial charge in [0, 0.05) is 11.6 Å². The number of ketones is 1. The van der Waals surface area contributed by atoms with Crippen LogP contribution in [-0.2, 0) is 9.59 Å². The fourth-order valence-electron chi connectivity index (χ4n) is 3.24. The van der Waals surface area contributed by atoms with Crippen molar-refractivity contribution >= 4 is 17.4 Å². The van der Waals surface area contributed by atoms with Gasteiger partial charge in [-0.2, -0.15) is 0 Å². The zero-order valence-corrected chi connectivity index (χ0v) is 12.4. The van der Waals surface area contributed by atoms with Crippen LogP contribution in [0.3, 0.4) is 0 Å². The van der Waals surface area contributed by atoms with Crippen LogP contribution in [-0.4, -0.2) is 17.7 Å². The van der Waals surface area contributed by atoms with E-state index in [1.165, 1.54) is 6.92 Å². The largest absolute Gasteiger partial charge is 0.308 e. The predicted octanol–water partition coefficient (Wildman–Crippen LogP) is 3.51. The molecule has 0 N–H and O–H groups in total. The van der Waals surface area contributed by atoms with Crippen LogP contribution >= 0.6 is 0 Å². The van der Waals surface area contributed by atoms with Crippen LogP contribution in [0.5, 0.6) is 0 Å². The second-order valence-corrected chi connectivity index (χ2v) is 5.67. The smallest absolute Gasteiger partial charge is 0.237 e. The lowest BCUT2D eigenvalue weighted by Crippen LogP contribution is -2.34. The minimum absolute atomic E-state index is 0.0256. The zero-order valence-electron chi connectivity index (χ0n) is 12.4. The Labute approximate surface area is 124 Å². The highest BCUT2D eigenvalue weighted by Crippen LogP contribution is 2.40. The van der Waals surface area contributed by atoms with Gasteiger partial charge in [0.15, 0.2) is 0 Å². The summed E-state index contributed by atoms with van der Waals surface area (Å²) < 4.78 is 0. The minimum Gasteiger partial charge on any atom is -0.308 e. The van der Waals surface area contributed by atoms with Gasteiger partial charge in [-0.15, -0.1) is 0 Å². The summed E-state index contributed by atoms with van der Waals surface area (Å²) in [5, 5.41) is 0. The number of hydrogen-bond acceptors (Lipinski definition) is 2. The van der Waals surface area contributed by atoms with Crippen molar-refractivity contribution < 1.29 is 9.59 Å². The minimum atomic E-state index is -0.475. The van der Waals surface area contributed by atoms with E-state index in [-0.39, 0.29) is 17.7 Å². The molecular formula is C18H19NO2. The molecule has 3 nitrogen and oxygen atoms in total. The topological polar surface area (TPSA) is 37.4 Å². The average molecular weight is 281 g/mol. The van der Waals surface area contributed by atoms with Crippen molar-refractivity contribution in [3.05, 3.63) is 42.5 Å². The van der Waals surface area contributed by atoms with Crippen LogP contribution in [0.1, 0.15) is 26.7 Å². The van der Waals surface area contributed by atoms with Gasteiger partial charge in [0.25, 0.3) is 0 Å². The van der Waals surface area contributed by atoms with Crippen LogP contribution in [0.15, 0.2) is 42.5 Å². The maximum Gasteiger partial charge on any atom is 0.237 e. The number of carbonyl (C=O) groups is 2. The first-order valence-electron chi connectivity index (χ1n) is 7.44. The second kappa shape index (κ2) is 5.32. The quantitative estimate of drug-likeness (QED) is 0.807. The lowest BCUT2D eigenvalue weighted by molar-refractivity contribution is -0.129. The standard InChI is InChI=1S/C18H19NO2/c1-3-14-11-16(12(2)20)18(21)19(14)17-10-9-13-7-5-4-6-8-15(13)17/h4-10,14,16H,3,11H2,1-2H3. The number of rotatable bonds is 3. The van der Waals surface area contributed by atoms with Crippen LogP contribution in [0.2, 0.25) is 0 Å². The monoisotopic (exact) mass is 281 g/mol. The Bertz CT molecular complexity index is 664. The number of hydrogen-bond donors (Lipinski definition) is 0. The molecule has 0 spiro atoms. The summed E-state index contributed by atoms with van der Waals surface area (Å²) in [6.45, 7) is 3.58. The molecule has 0 aromatic rings. The third-order valence-corrected chi connectivity index (χ3v) is 4.40. The summed E-state index contributed by atoms with van der Waals surface area (Å²) in [6, 6.07) is 14.2. The van der Waals surface area contributed by atoms with Crippen molar-refractivity contribution in [2.75, 3.05) is 4.90 Å². The molecule has 2 unspecified atom stereocenters. The van der Waals surface area contributed by atoms with Gasteiger partial charge >= 0.3 is 0 Å². The van der Waals surface area contributed by atoms with Crippen molar-refractivity contribution in [3.63, 3.8) is 0 Å². The molecule has 21 heavy (non-hydrogen) atoms. The van der Waals surface area contributed by atoms with Crippen molar-refractivity contribution in [3.8, 4) is 11.1 Å². The van der Waals surface area contributed by atoms with Gasteiger partial charge in [0.1, 0.15) is 5.78 Å². The lowest BCUT2D eigenvalue weighted by atomic mass is 10.0. The summed E-state index contributed by atoms with van der Waals surface area (Å²) in [6.07, 6.45) is 1.50. The van der Waals surface area contributed by atoms with Gasteiger partial charge in [-0.05, 0) is 31.4 Å². The summed E-state index contributed by atoms with van der Waals surface area (Å²) >= 11 is 0. The Morgan fingerprint density at radius 2 is 1.95 bits per heavy atom. The maximum atomic E-state index is 12.6. The second-order valence-electron chi connectivity index (χ2n) is 5.67. The zero-order chi connectivity index (χ0) is 15.0. The predicted molar refractivity (Wildman–Crippen MR) is 83.4 cm³/mol. The first-order valence-corrected chi connectivity index (χ1v) is 7.44. The van der Waals surface area contributed by atoms with Gasteiger partial charge in [0.2, 0.25) is 5.91 Å². The van der Waals surface area contributed by atoms with E-state index in [2.05, 4.69) is 6.92 Å². The van der Waals surface area contributed by atoms with Crippen molar-refractivity contribution in [2.45, 2.75) is 32.7 Å². The van der Waals surface area contributed by atoms with Crippen molar-refractivity contribution in [2.24, 2.45) is 5.92 Å². The van der Waals surface area contributed by atoms with Crippen molar-refractivity contribution in [1.29, 1.82) is 0 Å². The Balaban J connectivity index is 2.06. The Morgan fingerprint density at radius 1 is 1.19 bits per heavy atom. The number of fused-ring (bicyclic) bond motifs is 1. The van der Waals surface area contributed by atoms with Gasteiger partial charge in [0.05, 0.1) is 11.6 Å². The molecule has 2 atom stereocenters. The molecule has 0 aromatic heterocycles. The van der Waals surface area contributed by atoms with E-state index in [9.17, 15) is 9.59 Å². The SMILES string of the molecule is CCC1CC(C(C)=O)C(=O)N1c1ccc2cccccc1-2. The van der Waals surface area contributed by atoms with E-state index in [1.54, 1.807) is 0 Å². The first-order chi connectivity index (χ1) is 10.1. The van der Waals surface area contributed by atoms with E-state index in [0.717, 1.165) is 23.2 Å². The van der Waals surface area contributed by atoms with Crippen LogP contribution in [0.4, 0.5) is 5.69 Å². The van der Waals surface area contributed by atoms with Gasteiger partial charge in [-0.1, -0.05) is 43.3 Å². The molecule has 1 aliphatic heterocycles. The highest BCUT2D eigenvalue weighted by atomic mass is 16.2. The van der Waals surface area contributed by atoms with E-state index < -0.39 is 5.92 Å². The van der Waals surface area contributed by atoms with E-state index in [4.69, 9.17) is 0 Å². The third-order valence-electron chi connectivity index (χ3n) is 4.40. The van der Waals surface area contributed by atoms with E-state index in [1.807, 2.05) is 47.4 Å². The molecule has 1 fully saturated rings. The summed E-state index contributed by atoms with van der Waals surface area (Å²) in [5.41, 5.74) is 3.11. The molecule has 1 heterocycles. The summed E-state index contributed by atoms with van der Waals surface area (Å²) in [5.74, 6) is -0.548. The highest BCUT2D eigenvalue weighted by Gasteiger charge is 2.42. The maximum absolute atomic E-state index is 12.6. The molecule has 2 aliphatic carbocycles. The van der Waals surface area contributed by atoms with Crippen LogP contribution in [0, 0.1) is 5.92 Å². The molecular weight excluding hydrogens is 262 g/mol. The molecule has 0 radical (unpaired) electrons. The molecule has 0 aromatic carbocycles. The third kappa shape index (κ3) is 2.23. The Kier molecular flexibility index (Phi) is 3.50. The van der Waals surface area contributed by atoms with Gasteiger partial charge in [-0.3, -0.25) is 9.59 Å². The summed E-state index contributed by atoms with van der Waals surface area (Å²) in [4.78, 5) is 26.2. The normalized spacial score (nSPS) is 22.0. The average Bonchev–Trinajstić information content (AvgIpc) is 2.90. The number of amides is 1. The van der Waals surface area contributed by atoms with Gasteiger partial charge in [-0.25, -0.2) is 0 Å².